The Kier molecular flexibility index (Phi) is 6.14. The maximum Gasteiger partial charge on any atom is 0.270 e. The van der Waals surface area contributed by atoms with Gasteiger partial charge < -0.3 is 9.47 Å². The van der Waals surface area contributed by atoms with Crippen molar-refractivity contribution in [1.82, 2.24) is 0 Å². The van der Waals surface area contributed by atoms with Crippen LogP contribution in [0.5, 0.6) is 11.5 Å². The van der Waals surface area contributed by atoms with Crippen LogP contribution in [-0.4, -0.2) is 23.9 Å². The molecule has 0 aliphatic rings. The number of halogens is 1. The minimum absolute atomic E-state index is 0.0696. The van der Waals surface area contributed by atoms with Gasteiger partial charge in [0.25, 0.3) is 5.69 Å². The van der Waals surface area contributed by atoms with Gasteiger partial charge >= 0.3 is 0 Å². The fraction of sp³-hybridized carbons (Fsp3) is 0.136. The highest BCUT2D eigenvalue weighted by atomic mass is 35.5. The number of nitro benzene ring substituents is 1. The summed E-state index contributed by atoms with van der Waals surface area (Å²) in [7, 11) is 1.56. The van der Waals surface area contributed by atoms with Crippen LogP contribution in [0, 0.1) is 10.1 Å². The molecule has 0 spiro atoms. The quantitative estimate of drug-likeness (QED) is 0.288. The lowest BCUT2D eigenvalue weighted by molar-refractivity contribution is -0.384. The van der Waals surface area contributed by atoms with Crippen LogP contribution in [-0.2, 0) is 0 Å². The van der Waals surface area contributed by atoms with Gasteiger partial charge in [-0.1, -0.05) is 23.7 Å². The monoisotopic (exact) mass is 411 g/mol. The van der Waals surface area contributed by atoms with Crippen LogP contribution in [0.3, 0.4) is 0 Å². The van der Waals surface area contributed by atoms with Crippen molar-refractivity contribution < 1.29 is 19.2 Å². The van der Waals surface area contributed by atoms with Crippen molar-refractivity contribution in [3.8, 4) is 22.6 Å². The molecule has 1 atom stereocenters. The Hall–Kier alpha value is -3.38. The molecular formula is C22H18ClNO5. The molecule has 0 aliphatic heterocycles. The summed E-state index contributed by atoms with van der Waals surface area (Å²) in [6.45, 7) is 1.64. The Morgan fingerprint density at radius 2 is 1.69 bits per heavy atom. The third-order valence-corrected chi connectivity index (χ3v) is 4.63. The molecule has 0 bridgehead atoms. The van der Waals surface area contributed by atoms with Crippen molar-refractivity contribution >= 4 is 23.1 Å². The van der Waals surface area contributed by atoms with Crippen LogP contribution in [0.15, 0.2) is 66.7 Å². The van der Waals surface area contributed by atoms with Gasteiger partial charge in [0.1, 0.15) is 11.5 Å². The molecular weight excluding hydrogens is 394 g/mol. The van der Waals surface area contributed by atoms with Crippen LogP contribution in [0.1, 0.15) is 17.3 Å². The third kappa shape index (κ3) is 4.73. The number of ether oxygens (including phenoxy) is 2. The first-order valence-electron chi connectivity index (χ1n) is 8.78. The smallest absolute Gasteiger partial charge is 0.270 e. The lowest BCUT2D eigenvalue weighted by Crippen LogP contribution is -2.24. The van der Waals surface area contributed by atoms with E-state index in [2.05, 4.69) is 0 Å². The Morgan fingerprint density at radius 1 is 1.03 bits per heavy atom. The topological polar surface area (TPSA) is 78.7 Å². The molecule has 148 valence electrons. The van der Waals surface area contributed by atoms with Crippen LogP contribution >= 0.6 is 11.6 Å². The molecule has 3 aromatic carbocycles. The molecule has 0 unspecified atom stereocenters. The summed E-state index contributed by atoms with van der Waals surface area (Å²) >= 11 is 5.87. The van der Waals surface area contributed by atoms with Gasteiger partial charge in [-0.3, -0.25) is 14.9 Å². The number of Topliss-reactive ketones (excluding diaryl/α,β-unsaturated/α-hetero) is 1. The van der Waals surface area contributed by atoms with E-state index in [1.54, 1.807) is 62.6 Å². The summed E-state index contributed by atoms with van der Waals surface area (Å²) in [4.78, 5) is 23.4. The molecule has 7 heteroatoms. The van der Waals surface area contributed by atoms with E-state index in [1.807, 2.05) is 0 Å². The highest BCUT2D eigenvalue weighted by Crippen LogP contribution is 2.35. The number of nitro groups is 1. The molecule has 0 N–H and O–H groups in total. The maximum atomic E-state index is 12.7. The van der Waals surface area contributed by atoms with Crippen LogP contribution < -0.4 is 9.47 Å². The van der Waals surface area contributed by atoms with E-state index >= 15 is 0 Å². The third-order valence-electron chi connectivity index (χ3n) is 4.38. The average Bonchev–Trinajstić information content (AvgIpc) is 2.74. The number of hydrogen-bond acceptors (Lipinski definition) is 5. The largest absolute Gasteiger partial charge is 0.497 e. The summed E-state index contributed by atoms with van der Waals surface area (Å²) in [6.07, 6.45) is -0.797. The van der Waals surface area contributed by atoms with Gasteiger partial charge in [-0.2, -0.15) is 0 Å². The second-order valence-electron chi connectivity index (χ2n) is 6.30. The molecule has 3 rings (SSSR count). The number of carbonyl (C=O) groups is 1. The number of methoxy groups -OCH3 is 1. The van der Waals surface area contributed by atoms with Crippen LogP contribution in [0.25, 0.3) is 11.1 Å². The maximum absolute atomic E-state index is 12.7. The Labute approximate surface area is 172 Å². The van der Waals surface area contributed by atoms with Crippen molar-refractivity contribution in [2.24, 2.45) is 0 Å². The molecule has 3 aromatic rings. The highest BCUT2D eigenvalue weighted by molar-refractivity contribution is 6.30. The van der Waals surface area contributed by atoms with Gasteiger partial charge in [-0.15, -0.1) is 0 Å². The summed E-state index contributed by atoms with van der Waals surface area (Å²) in [5.74, 6) is 0.809. The number of carbonyl (C=O) groups excluding carboxylic acids is 1. The number of non-ortho nitro benzene ring substituents is 1. The highest BCUT2D eigenvalue weighted by Gasteiger charge is 2.20. The van der Waals surface area contributed by atoms with Gasteiger partial charge in [0, 0.05) is 28.3 Å². The number of hydrogen-bond donors (Lipinski definition) is 0. The van der Waals surface area contributed by atoms with E-state index in [0.717, 1.165) is 0 Å². The molecule has 29 heavy (non-hydrogen) atoms. The Balaban J connectivity index is 1.93. The zero-order valence-electron chi connectivity index (χ0n) is 15.8. The molecule has 0 saturated carbocycles. The van der Waals surface area contributed by atoms with Crippen molar-refractivity contribution in [1.29, 1.82) is 0 Å². The second kappa shape index (κ2) is 8.75. The first-order valence-corrected chi connectivity index (χ1v) is 9.16. The molecule has 0 saturated heterocycles. The van der Waals surface area contributed by atoms with Gasteiger partial charge in [0.15, 0.2) is 6.10 Å². The lowest BCUT2D eigenvalue weighted by Gasteiger charge is -2.17. The molecule has 6 nitrogen and oxygen atoms in total. The predicted octanol–water partition coefficient (Wildman–Crippen LogP) is 5.57. The van der Waals surface area contributed by atoms with Gasteiger partial charge in [0.05, 0.1) is 12.0 Å². The minimum atomic E-state index is -0.797. The first-order chi connectivity index (χ1) is 13.9. The SMILES string of the molecule is COc1ccc(-c2cc([N+](=O)[O-])ccc2O[C@@H](C)C(=O)c2ccc(Cl)cc2)cc1. The number of benzene rings is 3. The fourth-order valence-corrected chi connectivity index (χ4v) is 2.95. The molecule has 0 aliphatic carbocycles. The van der Waals surface area contributed by atoms with E-state index in [0.29, 0.717) is 33.2 Å². The van der Waals surface area contributed by atoms with Crippen molar-refractivity contribution in [2.75, 3.05) is 7.11 Å². The Bertz CT molecular complexity index is 1030. The average molecular weight is 412 g/mol. The van der Waals surface area contributed by atoms with E-state index in [9.17, 15) is 14.9 Å². The zero-order valence-corrected chi connectivity index (χ0v) is 16.6. The molecule has 0 amide bonds. The molecule has 0 radical (unpaired) electrons. The van der Waals surface area contributed by atoms with Crippen LogP contribution in [0.4, 0.5) is 5.69 Å². The van der Waals surface area contributed by atoms with E-state index in [4.69, 9.17) is 21.1 Å². The van der Waals surface area contributed by atoms with Gasteiger partial charge in [-0.05, 0) is 55.0 Å². The van der Waals surface area contributed by atoms with Gasteiger partial charge in [0.2, 0.25) is 5.78 Å². The summed E-state index contributed by atoms with van der Waals surface area (Å²) in [6, 6.07) is 17.9. The normalized spacial score (nSPS) is 11.6. The summed E-state index contributed by atoms with van der Waals surface area (Å²) < 4.78 is 11.1. The van der Waals surface area contributed by atoms with E-state index < -0.39 is 11.0 Å². The van der Waals surface area contributed by atoms with E-state index in [1.165, 1.54) is 18.2 Å². The van der Waals surface area contributed by atoms with Crippen molar-refractivity contribution in [2.45, 2.75) is 13.0 Å². The standard InChI is InChI=1S/C22H18ClNO5/c1-14(22(25)16-3-7-17(23)8-4-16)29-21-12-9-18(24(26)27)13-20(21)15-5-10-19(28-2)11-6-15/h3-14H,1-2H3/t14-/m0/s1. The van der Waals surface area contributed by atoms with E-state index in [-0.39, 0.29) is 11.5 Å². The molecule has 0 aromatic heterocycles. The molecule has 0 heterocycles. The summed E-state index contributed by atoms with van der Waals surface area (Å²) in [5.41, 5.74) is 1.61. The first kappa shape index (κ1) is 20.4. The lowest BCUT2D eigenvalue weighted by atomic mass is 10.0. The zero-order chi connectivity index (χ0) is 21.0. The summed E-state index contributed by atoms with van der Waals surface area (Å²) in [5, 5.41) is 11.8. The van der Waals surface area contributed by atoms with Crippen molar-refractivity contribution in [3.63, 3.8) is 0 Å². The second-order valence-corrected chi connectivity index (χ2v) is 6.73. The van der Waals surface area contributed by atoms with Crippen LogP contribution in [0.2, 0.25) is 5.02 Å². The Morgan fingerprint density at radius 3 is 2.28 bits per heavy atom. The number of nitrogens with zero attached hydrogens (tertiary/aromatic N) is 1. The number of ketones is 1. The molecule has 0 fully saturated rings. The predicted molar refractivity (Wildman–Crippen MR) is 111 cm³/mol. The minimum Gasteiger partial charge on any atom is -0.497 e. The van der Waals surface area contributed by atoms with Gasteiger partial charge in [-0.25, -0.2) is 0 Å². The number of rotatable bonds is 7. The van der Waals surface area contributed by atoms with Crippen molar-refractivity contribution in [3.05, 3.63) is 87.4 Å². The fourth-order valence-electron chi connectivity index (χ4n) is 2.82.